The number of aromatic nitrogens is 4. The lowest BCUT2D eigenvalue weighted by molar-refractivity contribution is 0.670. The highest BCUT2D eigenvalue weighted by atomic mass is 16.3. The van der Waals surface area contributed by atoms with Crippen LogP contribution < -0.4 is 0 Å². The number of nitrogens with zero attached hydrogens (tertiary/aromatic N) is 4. The van der Waals surface area contributed by atoms with E-state index in [1.165, 1.54) is 32.6 Å². The van der Waals surface area contributed by atoms with Crippen molar-refractivity contribution in [2.24, 2.45) is 0 Å². The fourth-order valence-corrected chi connectivity index (χ4v) is 9.56. The Kier molecular flexibility index (Phi) is 7.54. The third kappa shape index (κ3) is 5.32. The zero-order valence-electron chi connectivity index (χ0n) is 33.3. The zero-order valence-corrected chi connectivity index (χ0v) is 33.3. The van der Waals surface area contributed by atoms with Gasteiger partial charge in [0.2, 0.25) is 0 Å². The van der Waals surface area contributed by atoms with Crippen molar-refractivity contribution in [3.8, 4) is 51.0 Å². The standard InChI is InChI=1S/C57H34N4O/c1-2-14-35(15-3-1)41-21-8-9-23-44(41)55-58-56(45-24-12-19-36-16-6-7-20-42(36)45)60-57(59-55)47-26-13-25-46-53-48-34-40(30-28-37(48)29-31-52(53)62-54(46)47)61-50-27-11-10-22-43(50)49-32-38-17-4-5-18-39(38)33-51(49)61/h1-34H. The van der Waals surface area contributed by atoms with Crippen LogP contribution in [0.25, 0.3) is 127 Å². The molecular weight excluding hydrogens is 757 g/mol. The van der Waals surface area contributed by atoms with E-state index in [-0.39, 0.29) is 0 Å². The first-order valence-electron chi connectivity index (χ1n) is 20.9. The molecule has 0 saturated heterocycles. The molecule has 0 spiro atoms. The van der Waals surface area contributed by atoms with Crippen LogP contribution in [0.15, 0.2) is 211 Å². The molecular formula is C57H34N4O. The van der Waals surface area contributed by atoms with Gasteiger partial charge >= 0.3 is 0 Å². The maximum atomic E-state index is 6.91. The van der Waals surface area contributed by atoms with Crippen LogP contribution in [0.1, 0.15) is 0 Å². The molecule has 13 aromatic rings. The number of para-hydroxylation sites is 2. The number of fused-ring (bicyclic) bond motifs is 10. The van der Waals surface area contributed by atoms with Gasteiger partial charge in [-0.15, -0.1) is 0 Å². The van der Waals surface area contributed by atoms with Gasteiger partial charge in [0.25, 0.3) is 0 Å². The number of furan rings is 1. The Balaban J connectivity index is 1.05. The van der Waals surface area contributed by atoms with E-state index in [4.69, 9.17) is 19.4 Å². The van der Waals surface area contributed by atoms with Crippen LogP contribution in [0, 0.1) is 0 Å². The molecule has 288 valence electrons. The summed E-state index contributed by atoms with van der Waals surface area (Å²) in [6.07, 6.45) is 0. The Labute approximate surface area is 355 Å². The predicted molar refractivity (Wildman–Crippen MR) is 256 cm³/mol. The van der Waals surface area contributed by atoms with Crippen molar-refractivity contribution in [2.45, 2.75) is 0 Å². The number of rotatable bonds is 5. The fourth-order valence-electron chi connectivity index (χ4n) is 9.56. The maximum Gasteiger partial charge on any atom is 0.167 e. The first-order chi connectivity index (χ1) is 30.7. The molecule has 0 aliphatic rings. The highest BCUT2D eigenvalue weighted by Gasteiger charge is 2.22. The second-order valence-corrected chi connectivity index (χ2v) is 15.9. The van der Waals surface area contributed by atoms with E-state index >= 15 is 0 Å². The first kappa shape index (κ1) is 34.5. The summed E-state index contributed by atoms with van der Waals surface area (Å²) in [4.78, 5) is 15.8. The Bertz CT molecular complexity index is 3930. The van der Waals surface area contributed by atoms with Gasteiger partial charge in [-0.1, -0.05) is 164 Å². The van der Waals surface area contributed by atoms with E-state index in [0.717, 1.165) is 77.0 Å². The molecule has 0 aliphatic heterocycles. The quantitative estimate of drug-likeness (QED) is 0.174. The average Bonchev–Trinajstić information content (AvgIpc) is 3.89. The van der Waals surface area contributed by atoms with Gasteiger partial charge in [0.1, 0.15) is 11.2 Å². The summed E-state index contributed by atoms with van der Waals surface area (Å²) in [5, 5.41) is 11.4. The monoisotopic (exact) mass is 790 g/mol. The van der Waals surface area contributed by atoms with E-state index in [1.54, 1.807) is 0 Å². The summed E-state index contributed by atoms with van der Waals surface area (Å²) in [6.45, 7) is 0. The Morgan fingerprint density at radius 3 is 1.77 bits per heavy atom. The molecule has 3 aromatic heterocycles. The van der Waals surface area contributed by atoms with Gasteiger partial charge in [0, 0.05) is 38.4 Å². The van der Waals surface area contributed by atoms with Crippen molar-refractivity contribution < 1.29 is 4.42 Å². The first-order valence-corrected chi connectivity index (χ1v) is 20.9. The number of hydrogen-bond acceptors (Lipinski definition) is 4. The van der Waals surface area contributed by atoms with Gasteiger partial charge < -0.3 is 8.98 Å². The SMILES string of the molecule is c1ccc(-c2ccccc2-c2nc(-c3cccc4ccccc34)nc(-c3cccc4c3oc3ccc5ccc(-n6c7ccccc7c7cc8ccccc8cc76)cc5c34)n2)cc1. The molecule has 0 unspecified atom stereocenters. The van der Waals surface area contributed by atoms with Crippen molar-refractivity contribution in [1.82, 2.24) is 19.5 Å². The van der Waals surface area contributed by atoms with Gasteiger partial charge in [0.15, 0.2) is 17.5 Å². The molecule has 0 atom stereocenters. The van der Waals surface area contributed by atoms with E-state index in [2.05, 4.69) is 199 Å². The van der Waals surface area contributed by atoms with Crippen molar-refractivity contribution in [3.63, 3.8) is 0 Å². The molecule has 0 saturated carbocycles. The summed E-state index contributed by atoms with van der Waals surface area (Å²) in [7, 11) is 0. The van der Waals surface area contributed by atoms with Crippen LogP contribution in [-0.2, 0) is 0 Å². The third-order valence-electron chi connectivity index (χ3n) is 12.4. The Morgan fingerprint density at radius 2 is 0.919 bits per heavy atom. The van der Waals surface area contributed by atoms with Crippen LogP contribution in [0.4, 0.5) is 0 Å². The second kappa shape index (κ2) is 13.6. The Morgan fingerprint density at radius 1 is 0.339 bits per heavy atom. The van der Waals surface area contributed by atoms with Crippen molar-refractivity contribution in [1.29, 1.82) is 0 Å². The summed E-state index contributed by atoms with van der Waals surface area (Å²) >= 11 is 0. The van der Waals surface area contributed by atoms with Crippen molar-refractivity contribution >= 4 is 76.1 Å². The number of hydrogen-bond donors (Lipinski definition) is 0. The van der Waals surface area contributed by atoms with Crippen LogP contribution >= 0.6 is 0 Å². The van der Waals surface area contributed by atoms with Crippen LogP contribution in [-0.4, -0.2) is 19.5 Å². The maximum absolute atomic E-state index is 6.91. The topological polar surface area (TPSA) is 56.7 Å². The summed E-state index contributed by atoms with van der Waals surface area (Å²) in [5.74, 6) is 1.75. The van der Waals surface area contributed by atoms with Crippen LogP contribution in [0.3, 0.4) is 0 Å². The largest absolute Gasteiger partial charge is 0.455 e. The van der Waals surface area contributed by atoms with Crippen molar-refractivity contribution in [2.75, 3.05) is 0 Å². The van der Waals surface area contributed by atoms with E-state index in [1.807, 2.05) is 12.1 Å². The Hall–Kier alpha value is -8.41. The zero-order chi connectivity index (χ0) is 40.7. The molecule has 0 fully saturated rings. The summed E-state index contributed by atoms with van der Waals surface area (Å²) < 4.78 is 9.31. The van der Waals surface area contributed by atoms with Crippen LogP contribution in [0.5, 0.6) is 0 Å². The summed E-state index contributed by atoms with van der Waals surface area (Å²) in [6, 6.07) is 72.7. The molecule has 0 amide bonds. The van der Waals surface area contributed by atoms with Crippen LogP contribution in [0.2, 0.25) is 0 Å². The molecule has 0 bridgehead atoms. The average molecular weight is 791 g/mol. The summed E-state index contributed by atoms with van der Waals surface area (Å²) in [5.41, 5.74) is 9.81. The fraction of sp³-hybridized carbons (Fsp3) is 0. The molecule has 0 N–H and O–H groups in total. The smallest absolute Gasteiger partial charge is 0.167 e. The van der Waals surface area contributed by atoms with Gasteiger partial charge in [-0.3, -0.25) is 0 Å². The normalized spacial score (nSPS) is 11.9. The molecule has 13 rings (SSSR count). The van der Waals surface area contributed by atoms with E-state index in [9.17, 15) is 0 Å². The second-order valence-electron chi connectivity index (χ2n) is 15.9. The van der Waals surface area contributed by atoms with Gasteiger partial charge in [-0.05, 0) is 85.9 Å². The number of benzene rings is 10. The molecule has 5 nitrogen and oxygen atoms in total. The molecule has 3 heterocycles. The minimum Gasteiger partial charge on any atom is -0.455 e. The van der Waals surface area contributed by atoms with Gasteiger partial charge in [0.05, 0.1) is 16.6 Å². The molecule has 10 aromatic carbocycles. The molecule has 0 aliphatic carbocycles. The molecule has 62 heavy (non-hydrogen) atoms. The molecule has 5 heteroatoms. The van der Waals surface area contributed by atoms with E-state index < -0.39 is 0 Å². The minimum atomic E-state index is 0.549. The highest BCUT2D eigenvalue weighted by Crippen LogP contribution is 2.42. The highest BCUT2D eigenvalue weighted by molar-refractivity contribution is 6.21. The predicted octanol–water partition coefficient (Wildman–Crippen LogP) is 15.0. The van der Waals surface area contributed by atoms with E-state index in [0.29, 0.717) is 17.5 Å². The molecule has 0 radical (unpaired) electrons. The van der Waals surface area contributed by atoms with Gasteiger partial charge in [-0.2, -0.15) is 0 Å². The lowest BCUT2D eigenvalue weighted by Crippen LogP contribution is -2.01. The van der Waals surface area contributed by atoms with Gasteiger partial charge in [-0.25, -0.2) is 15.0 Å². The van der Waals surface area contributed by atoms with Crippen molar-refractivity contribution in [3.05, 3.63) is 206 Å². The lowest BCUT2D eigenvalue weighted by atomic mass is 9.99. The minimum absolute atomic E-state index is 0.549. The lowest BCUT2D eigenvalue weighted by Gasteiger charge is -2.13. The third-order valence-corrected chi connectivity index (χ3v) is 12.4.